The zero-order valence-corrected chi connectivity index (χ0v) is 8.89. The molecule has 1 aliphatic rings. The molecule has 0 aliphatic carbocycles. The van der Waals surface area contributed by atoms with E-state index < -0.39 is 0 Å². The van der Waals surface area contributed by atoms with Crippen LogP contribution in [0.5, 0.6) is 5.75 Å². The van der Waals surface area contributed by atoms with Crippen LogP contribution < -0.4 is 5.32 Å². The van der Waals surface area contributed by atoms with Gasteiger partial charge in [0, 0.05) is 11.6 Å². The molecule has 0 radical (unpaired) electrons. The van der Waals surface area contributed by atoms with Gasteiger partial charge in [0.1, 0.15) is 11.6 Å². The lowest BCUT2D eigenvalue weighted by atomic mass is 9.95. The van der Waals surface area contributed by atoms with Gasteiger partial charge in [-0.25, -0.2) is 4.39 Å². The Balaban J connectivity index is 2.36. The summed E-state index contributed by atoms with van der Waals surface area (Å²) in [7, 11) is 0. The fraction of sp³-hybridized carbons (Fsp3) is 0.500. The van der Waals surface area contributed by atoms with E-state index in [0.717, 1.165) is 31.4 Å². The Labute approximate surface area is 89.1 Å². The molecule has 1 heterocycles. The summed E-state index contributed by atoms with van der Waals surface area (Å²) in [5.41, 5.74) is 1.17. The third kappa shape index (κ3) is 1.97. The van der Waals surface area contributed by atoms with Crippen molar-refractivity contribution in [3.63, 3.8) is 0 Å². The van der Waals surface area contributed by atoms with Gasteiger partial charge in [0.25, 0.3) is 0 Å². The highest BCUT2D eigenvalue weighted by Crippen LogP contribution is 2.34. The molecular formula is C12H16FNO. The zero-order chi connectivity index (χ0) is 10.8. The van der Waals surface area contributed by atoms with Gasteiger partial charge in [0.2, 0.25) is 0 Å². The number of phenolic OH excluding ortho intramolecular Hbond substituents is 1. The van der Waals surface area contributed by atoms with Crippen molar-refractivity contribution in [2.24, 2.45) is 0 Å². The molecule has 1 saturated heterocycles. The largest absolute Gasteiger partial charge is 0.507 e. The van der Waals surface area contributed by atoms with Gasteiger partial charge in [0.15, 0.2) is 0 Å². The number of piperidine rings is 1. The second-order valence-electron chi connectivity index (χ2n) is 4.13. The van der Waals surface area contributed by atoms with E-state index in [0.29, 0.717) is 5.56 Å². The third-order valence-corrected chi connectivity index (χ3v) is 3.02. The lowest BCUT2D eigenvalue weighted by molar-refractivity contribution is 0.376. The van der Waals surface area contributed by atoms with Crippen LogP contribution in [0.4, 0.5) is 4.39 Å². The molecule has 1 aromatic carbocycles. The monoisotopic (exact) mass is 209 g/mol. The highest BCUT2D eigenvalue weighted by atomic mass is 19.1. The number of halogens is 1. The number of hydrogen-bond acceptors (Lipinski definition) is 2. The van der Waals surface area contributed by atoms with Crippen LogP contribution in [0.3, 0.4) is 0 Å². The molecular weight excluding hydrogens is 193 g/mol. The second kappa shape index (κ2) is 4.19. The summed E-state index contributed by atoms with van der Waals surface area (Å²) in [6.07, 6.45) is 3.11. The third-order valence-electron chi connectivity index (χ3n) is 3.02. The van der Waals surface area contributed by atoms with Gasteiger partial charge in [-0.05, 0) is 37.9 Å². The molecule has 0 aromatic heterocycles. The minimum absolute atomic E-state index is 0.0290. The molecule has 1 aromatic rings. The zero-order valence-electron chi connectivity index (χ0n) is 8.89. The minimum Gasteiger partial charge on any atom is -0.507 e. The van der Waals surface area contributed by atoms with Gasteiger partial charge in [-0.1, -0.05) is 12.5 Å². The molecule has 1 aliphatic heterocycles. The number of aryl methyl sites for hydroxylation is 1. The predicted molar refractivity (Wildman–Crippen MR) is 57.4 cm³/mol. The summed E-state index contributed by atoms with van der Waals surface area (Å²) in [6.45, 7) is 2.69. The smallest absolute Gasteiger partial charge is 0.131 e. The Kier molecular flexibility index (Phi) is 2.91. The highest BCUT2D eigenvalue weighted by molar-refractivity contribution is 5.42. The van der Waals surface area contributed by atoms with Crippen LogP contribution in [0.15, 0.2) is 12.1 Å². The van der Waals surface area contributed by atoms with Gasteiger partial charge < -0.3 is 10.4 Å². The molecule has 1 unspecified atom stereocenters. The van der Waals surface area contributed by atoms with E-state index in [-0.39, 0.29) is 17.6 Å². The Morgan fingerprint density at radius 2 is 2.20 bits per heavy atom. The molecule has 82 valence electrons. The number of phenols is 1. The number of hydrogen-bond donors (Lipinski definition) is 2. The molecule has 2 N–H and O–H groups in total. The topological polar surface area (TPSA) is 32.3 Å². The van der Waals surface area contributed by atoms with Crippen LogP contribution in [0.25, 0.3) is 0 Å². The SMILES string of the molecule is Cc1ccc(F)c(C2CCCCN2)c1O. The second-order valence-corrected chi connectivity index (χ2v) is 4.13. The Morgan fingerprint density at radius 1 is 1.40 bits per heavy atom. The average molecular weight is 209 g/mol. The van der Waals surface area contributed by atoms with Crippen LogP contribution >= 0.6 is 0 Å². The normalized spacial score (nSPS) is 21.6. The van der Waals surface area contributed by atoms with Crippen molar-refractivity contribution in [2.45, 2.75) is 32.2 Å². The summed E-state index contributed by atoms with van der Waals surface area (Å²) >= 11 is 0. The number of benzene rings is 1. The number of aromatic hydroxyl groups is 1. The van der Waals surface area contributed by atoms with Crippen LogP contribution in [-0.2, 0) is 0 Å². The molecule has 2 rings (SSSR count). The van der Waals surface area contributed by atoms with Gasteiger partial charge in [-0.15, -0.1) is 0 Å². The molecule has 3 heteroatoms. The molecule has 0 bridgehead atoms. The van der Waals surface area contributed by atoms with Crippen molar-refractivity contribution >= 4 is 0 Å². The first-order valence-electron chi connectivity index (χ1n) is 5.41. The van der Waals surface area contributed by atoms with Crippen molar-refractivity contribution < 1.29 is 9.50 Å². The molecule has 15 heavy (non-hydrogen) atoms. The lowest BCUT2D eigenvalue weighted by Crippen LogP contribution is -2.27. The van der Waals surface area contributed by atoms with Crippen LogP contribution in [0, 0.1) is 12.7 Å². The molecule has 2 nitrogen and oxygen atoms in total. The lowest BCUT2D eigenvalue weighted by Gasteiger charge is -2.25. The van der Waals surface area contributed by atoms with Crippen molar-refractivity contribution in [3.05, 3.63) is 29.1 Å². The first-order chi connectivity index (χ1) is 7.20. The van der Waals surface area contributed by atoms with Crippen molar-refractivity contribution in [1.82, 2.24) is 5.32 Å². The maximum atomic E-state index is 13.6. The van der Waals surface area contributed by atoms with E-state index in [4.69, 9.17) is 0 Å². The van der Waals surface area contributed by atoms with E-state index in [2.05, 4.69) is 5.32 Å². The Bertz CT molecular complexity index is 359. The maximum Gasteiger partial charge on any atom is 0.131 e. The molecule has 1 atom stereocenters. The van der Waals surface area contributed by atoms with E-state index in [1.807, 2.05) is 0 Å². The Morgan fingerprint density at radius 3 is 2.87 bits per heavy atom. The fourth-order valence-corrected chi connectivity index (χ4v) is 2.12. The van der Waals surface area contributed by atoms with Gasteiger partial charge in [-0.3, -0.25) is 0 Å². The van der Waals surface area contributed by atoms with E-state index >= 15 is 0 Å². The molecule has 0 amide bonds. The van der Waals surface area contributed by atoms with E-state index in [1.165, 1.54) is 6.07 Å². The van der Waals surface area contributed by atoms with Gasteiger partial charge in [-0.2, -0.15) is 0 Å². The van der Waals surface area contributed by atoms with Crippen molar-refractivity contribution in [1.29, 1.82) is 0 Å². The average Bonchev–Trinajstić information content (AvgIpc) is 2.26. The van der Waals surface area contributed by atoms with Crippen LogP contribution in [0.1, 0.15) is 36.4 Å². The van der Waals surface area contributed by atoms with Crippen LogP contribution in [0.2, 0.25) is 0 Å². The van der Waals surface area contributed by atoms with Crippen LogP contribution in [-0.4, -0.2) is 11.7 Å². The first kappa shape index (κ1) is 10.4. The van der Waals surface area contributed by atoms with Gasteiger partial charge >= 0.3 is 0 Å². The summed E-state index contributed by atoms with van der Waals surface area (Å²) in [5, 5.41) is 13.1. The summed E-state index contributed by atoms with van der Waals surface area (Å²) < 4.78 is 13.6. The summed E-state index contributed by atoms with van der Waals surface area (Å²) in [6, 6.07) is 3.01. The quantitative estimate of drug-likeness (QED) is 0.745. The van der Waals surface area contributed by atoms with Crippen molar-refractivity contribution in [3.8, 4) is 5.75 Å². The standard InChI is InChI=1S/C12H16FNO/c1-8-5-6-9(13)11(12(8)15)10-4-2-3-7-14-10/h5-6,10,14-15H,2-4,7H2,1H3. The molecule has 0 spiro atoms. The molecule has 1 fully saturated rings. The van der Waals surface area contributed by atoms with E-state index in [1.54, 1.807) is 13.0 Å². The summed E-state index contributed by atoms with van der Waals surface area (Å²) in [4.78, 5) is 0. The number of rotatable bonds is 1. The maximum absolute atomic E-state index is 13.6. The fourth-order valence-electron chi connectivity index (χ4n) is 2.12. The molecule has 0 saturated carbocycles. The Hall–Kier alpha value is -1.09. The minimum atomic E-state index is -0.308. The van der Waals surface area contributed by atoms with E-state index in [9.17, 15) is 9.50 Å². The first-order valence-corrected chi connectivity index (χ1v) is 5.41. The van der Waals surface area contributed by atoms with Crippen molar-refractivity contribution in [2.75, 3.05) is 6.54 Å². The van der Waals surface area contributed by atoms with Gasteiger partial charge in [0.05, 0.1) is 0 Å². The summed E-state index contributed by atoms with van der Waals surface area (Å²) in [5.74, 6) is -0.202. The number of nitrogens with one attached hydrogen (secondary N) is 1. The highest BCUT2D eigenvalue weighted by Gasteiger charge is 2.22. The predicted octanol–water partition coefficient (Wildman–Crippen LogP) is 2.65.